The van der Waals surface area contributed by atoms with Gasteiger partial charge in [-0.25, -0.2) is 0 Å². The van der Waals surface area contributed by atoms with Crippen LogP contribution in [0.25, 0.3) is 0 Å². The normalized spacial score (nSPS) is 10.0. The summed E-state index contributed by atoms with van der Waals surface area (Å²) in [5, 5.41) is 12.0. The van der Waals surface area contributed by atoms with Gasteiger partial charge in [0.15, 0.2) is 0 Å². The SMILES string of the molecule is CCOCCCNCc1ccc(C#N)cc1. The molecule has 1 aromatic rings. The van der Waals surface area contributed by atoms with E-state index in [1.807, 2.05) is 31.2 Å². The van der Waals surface area contributed by atoms with Crippen LogP contribution in [0.15, 0.2) is 24.3 Å². The first kappa shape index (κ1) is 12.7. The molecule has 0 saturated heterocycles. The van der Waals surface area contributed by atoms with Crippen molar-refractivity contribution in [2.24, 2.45) is 0 Å². The highest BCUT2D eigenvalue weighted by atomic mass is 16.5. The Hall–Kier alpha value is -1.37. The Kier molecular flexibility index (Phi) is 6.24. The number of ether oxygens (including phenoxy) is 1. The Bertz CT molecular complexity index is 327. The zero-order chi connectivity index (χ0) is 11.6. The van der Waals surface area contributed by atoms with E-state index in [1.54, 1.807) is 0 Å². The molecule has 0 unspecified atom stereocenters. The fourth-order valence-corrected chi connectivity index (χ4v) is 1.37. The summed E-state index contributed by atoms with van der Waals surface area (Å²) in [7, 11) is 0. The van der Waals surface area contributed by atoms with Crippen LogP contribution >= 0.6 is 0 Å². The number of hydrogen-bond donors (Lipinski definition) is 1. The molecule has 0 fully saturated rings. The number of nitrogens with zero attached hydrogens (tertiary/aromatic N) is 1. The third-order valence-corrected chi connectivity index (χ3v) is 2.26. The molecule has 1 N–H and O–H groups in total. The lowest BCUT2D eigenvalue weighted by molar-refractivity contribution is 0.144. The second-order valence-corrected chi connectivity index (χ2v) is 3.54. The topological polar surface area (TPSA) is 45.0 Å². The lowest BCUT2D eigenvalue weighted by atomic mass is 10.1. The largest absolute Gasteiger partial charge is 0.382 e. The summed E-state index contributed by atoms with van der Waals surface area (Å²) in [5.41, 5.74) is 1.91. The second-order valence-electron chi connectivity index (χ2n) is 3.54. The van der Waals surface area contributed by atoms with Gasteiger partial charge in [-0.3, -0.25) is 0 Å². The molecule has 0 aliphatic carbocycles. The summed E-state index contributed by atoms with van der Waals surface area (Å²) in [6.45, 7) is 5.41. The van der Waals surface area contributed by atoms with Crippen LogP contribution in [0, 0.1) is 11.3 Å². The van der Waals surface area contributed by atoms with E-state index in [2.05, 4.69) is 11.4 Å². The standard InChI is InChI=1S/C13H18N2O/c1-2-16-9-3-8-15-11-13-6-4-12(10-14)5-7-13/h4-7,15H,2-3,8-9,11H2,1H3. The van der Waals surface area contributed by atoms with Crippen LogP contribution in [0.1, 0.15) is 24.5 Å². The van der Waals surface area contributed by atoms with Gasteiger partial charge in [-0.05, 0) is 37.6 Å². The summed E-state index contributed by atoms with van der Waals surface area (Å²) in [4.78, 5) is 0. The Morgan fingerprint density at radius 3 is 2.69 bits per heavy atom. The van der Waals surface area contributed by atoms with Crippen molar-refractivity contribution in [2.45, 2.75) is 19.9 Å². The molecule has 3 heteroatoms. The van der Waals surface area contributed by atoms with Crippen molar-refractivity contribution >= 4 is 0 Å². The molecular weight excluding hydrogens is 200 g/mol. The van der Waals surface area contributed by atoms with Gasteiger partial charge < -0.3 is 10.1 Å². The van der Waals surface area contributed by atoms with Crippen molar-refractivity contribution in [1.82, 2.24) is 5.32 Å². The van der Waals surface area contributed by atoms with Crippen LogP contribution in [-0.2, 0) is 11.3 Å². The Morgan fingerprint density at radius 1 is 1.31 bits per heavy atom. The predicted molar refractivity (Wildman–Crippen MR) is 64.0 cm³/mol. The van der Waals surface area contributed by atoms with Gasteiger partial charge in [0.25, 0.3) is 0 Å². The Labute approximate surface area is 97.0 Å². The zero-order valence-corrected chi connectivity index (χ0v) is 9.70. The smallest absolute Gasteiger partial charge is 0.0991 e. The van der Waals surface area contributed by atoms with Crippen LogP contribution in [0.2, 0.25) is 0 Å². The number of nitriles is 1. The molecule has 0 radical (unpaired) electrons. The fraction of sp³-hybridized carbons (Fsp3) is 0.462. The number of hydrogen-bond acceptors (Lipinski definition) is 3. The van der Waals surface area contributed by atoms with Crippen molar-refractivity contribution in [2.75, 3.05) is 19.8 Å². The highest BCUT2D eigenvalue weighted by Crippen LogP contribution is 2.02. The summed E-state index contributed by atoms with van der Waals surface area (Å²) < 4.78 is 5.24. The van der Waals surface area contributed by atoms with E-state index in [1.165, 1.54) is 5.56 Å². The van der Waals surface area contributed by atoms with E-state index in [4.69, 9.17) is 10.00 Å². The molecule has 1 rings (SSSR count). The van der Waals surface area contributed by atoms with E-state index in [0.717, 1.165) is 32.7 Å². The average molecular weight is 218 g/mol. The fourth-order valence-electron chi connectivity index (χ4n) is 1.37. The van der Waals surface area contributed by atoms with Gasteiger partial charge in [0.2, 0.25) is 0 Å². The Balaban J connectivity index is 2.15. The Morgan fingerprint density at radius 2 is 2.06 bits per heavy atom. The maximum absolute atomic E-state index is 8.65. The van der Waals surface area contributed by atoms with E-state index >= 15 is 0 Å². The van der Waals surface area contributed by atoms with Crippen molar-refractivity contribution in [3.05, 3.63) is 35.4 Å². The molecule has 0 heterocycles. The number of nitrogens with one attached hydrogen (secondary N) is 1. The molecule has 16 heavy (non-hydrogen) atoms. The monoisotopic (exact) mass is 218 g/mol. The molecule has 0 aromatic heterocycles. The average Bonchev–Trinajstić information content (AvgIpc) is 2.34. The van der Waals surface area contributed by atoms with Crippen LogP contribution in [0.5, 0.6) is 0 Å². The third-order valence-electron chi connectivity index (χ3n) is 2.26. The molecule has 0 aliphatic rings. The quantitative estimate of drug-likeness (QED) is 0.713. The minimum Gasteiger partial charge on any atom is -0.382 e. The molecule has 1 aromatic carbocycles. The van der Waals surface area contributed by atoms with E-state index < -0.39 is 0 Å². The van der Waals surface area contributed by atoms with Gasteiger partial charge in [-0.2, -0.15) is 5.26 Å². The van der Waals surface area contributed by atoms with Crippen LogP contribution in [0.4, 0.5) is 0 Å². The van der Waals surface area contributed by atoms with Gasteiger partial charge >= 0.3 is 0 Å². The first-order valence-corrected chi connectivity index (χ1v) is 5.64. The van der Waals surface area contributed by atoms with Crippen molar-refractivity contribution < 1.29 is 4.74 Å². The lowest BCUT2D eigenvalue weighted by Crippen LogP contribution is -2.16. The van der Waals surface area contributed by atoms with E-state index in [-0.39, 0.29) is 0 Å². The van der Waals surface area contributed by atoms with Crippen LogP contribution < -0.4 is 5.32 Å². The molecular formula is C13H18N2O. The molecule has 0 amide bonds. The van der Waals surface area contributed by atoms with E-state index in [0.29, 0.717) is 5.56 Å². The number of rotatable bonds is 7. The summed E-state index contributed by atoms with van der Waals surface area (Å²) >= 11 is 0. The summed E-state index contributed by atoms with van der Waals surface area (Å²) in [6, 6.07) is 9.76. The van der Waals surface area contributed by atoms with Crippen molar-refractivity contribution in [1.29, 1.82) is 5.26 Å². The van der Waals surface area contributed by atoms with Crippen LogP contribution in [0.3, 0.4) is 0 Å². The van der Waals surface area contributed by atoms with Gasteiger partial charge in [0, 0.05) is 19.8 Å². The van der Waals surface area contributed by atoms with Crippen molar-refractivity contribution in [3.8, 4) is 6.07 Å². The van der Waals surface area contributed by atoms with Gasteiger partial charge in [-0.1, -0.05) is 12.1 Å². The highest BCUT2D eigenvalue weighted by Gasteiger charge is 1.93. The number of benzene rings is 1. The maximum Gasteiger partial charge on any atom is 0.0991 e. The zero-order valence-electron chi connectivity index (χ0n) is 9.70. The highest BCUT2D eigenvalue weighted by molar-refractivity contribution is 5.31. The predicted octanol–water partition coefficient (Wildman–Crippen LogP) is 2.07. The molecule has 0 aliphatic heterocycles. The first-order chi connectivity index (χ1) is 7.86. The molecule has 86 valence electrons. The third kappa shape index (κ3) is 4.92. The molecule has 0 bridgehead atoms. The molecule has 0 atom stereocenters. The minimum atomic E-state index is 0.708. The summed E-state index contributed by atoms with van der Waals surface area (Å²) in [5.74, 6) is 0. The molecule has 0 spiro atoms. The first-order valence-electron chi connectivity index (χ1n) is 5.64. The van der Waals surface area contributed by atoms with Crippen molar-refractivity contribution in [3.63, 3.8) is 0 Å². The van der Waals surface area contributed by atoms with Gasteiger partial charge in [0.1, 0.15) is 0 Å². The lowest BCUT2D eigenvalue weighted by Gasteiger charge is -2.05. The summed E-state index contributed by atoms with van der Waals surface area (Å²) in [6.07, 6.45) is 1.03. The second kappa shape index (κ2) is 7.86. The van der Waals surface area contributed by atoms with E-state index in [9.17, 15) is 0 Å². The minimum absolute atomic E-state index is 0.708. The van der Waals surface area contributed by atoms with Gasteiger partial charge in [-0.15, -0.1) is 0 Å². The van der Waals surface area contributed by atoms with Crippen LogP contribution in [-0.4, -0.2) is 19.8 Å². The van der Waals surface area contributed by atoms with Gasteiger partial charge in [0.05, 0.1) is 11.6 Å². The molecule has 3 nitrogen and oxygen atoms in total. The molecule has 0 saturated carbocycles. The maximum atomic E-state index is 8.65.